The van der Waals surface area contributed by atoms with Crippen molar-refractivity contribution in [3.8, 4) is 6.07 Å². The number of carbonyl (C=O) groups excluding carboxylic acids is 1. The van der Waals surface area contributed by atoms with Crippen LogP contribution in [0.15, 0.2) is 54.6 Å². The first-order valence-corrected chi connectivity index (χ1v) is 7.71. The average Bonchev–Trinajstić information content (AvgIpc) is 2.62. The monoisotopic (exact) mass is 338 g/mol. The van der Waals surface area contributed by atoms with E-state index in [0.717, 1.165) is 5.56 Å². The second-order valence-corrected chi connectivity index (χ2v) is 5.45. The second-order valence-electron chi connectivity index (χ2n) is 5.45. The molecule has 2 N–H and O–H groups in total. The lowest BCUT2D eigenvalue weighted by atomic mass is 10.0. The molecule has 25 heavy (non-hydrogen) atoms. The number of aliphatic carboxylic acids is 1. The van der Waals surface area contributed by atoms with Crippen LogP contribution < -0.4 is 5.32 Å². The van der Waals surface area contributed by atoms with E-state index in [1.165, 1.54) is 0 Å². The minimum Gasteiger partial charge on any atom is -0.480 e. The second kappa shape index (κ2) is 9.21. The molecule has 0 bridgehead atoms. The molecular formula is C19H18N2O4. The maximum atomic E-state index is 11.9. The van der Waals surface area contributed by atoms with E-state index in [1.807, 2.05) is 36.4 Å². The van der Waals surface area contributed by atoms with Crippen LogP contribution in [0, 0.1) is 11.3 Å². The van der Waals surface area contributed by atoms with E-state index < -0.39 is 17.9 Å². The average molecular weight is 338 g/mol. The Hall–Kier alpha value is -3.17. The van der Waals surface area contributed by atoms with E-state index in [4.69, 9.17) is 10.00 Å². The summed E-state index contributed by atoms with van der Waals surface area (Å²) in [7, 11) is 0. The molecule has 0 spiro atoms. The van der Waals surface area contributed by atoms with Gasteiger partial charge in [-0.2, -0.15) is 5.26 Å². The van der Waals surface area contributed by atoms with Gasteiger partial charge in [0, 0.05) is 6.42 Å². The smallest absolute Gasteiger partial charge is 0.326 e. The Labute approximate surface area is 145 Å². The van der Waals surface area contributed by atoms with Crippen LogP contribution in [0.1, 0.15) is 16.7 Å². The molecule has 0 aliphatic rings. The molecule has 0 radical (unpaired) electrons. The maximum absolute atomic E-state index is 11.9. The number of carboxylic acids is 1. The van der Waals surface area contributed by atoms with Crippen LogP contribution in [-0.2, 0) is 27.4 Å². The van der Waals surface area contributed by atoms with Crippen molar-refractivity contribution in [2.24, 2.45) is 0 Å². The number of nitriles is 1. The Balaban J connectivity index is 1.86. The number of rotatable bonds is 8. The van der Waals surface area contributed by atoms with Crippen molar-refractivity contribution in [1.82, 2.24) is 5.32 Å². The molecule has 1 amide bonds. The molecule has 128 valence electrons. The highest BCUT2D eigenvalue weighted by atomic mass is 16.5. The van der Waals surface area contributed by atoms with E-state index in [0.29, 0.717) is 11.1 Å². The van der Waals surface area contributed by atoms with Crippen LogP contribution in [0.2, 0.25) is 0 Å². The SMILES string of the molecule is N#Cc1cccc(C[C@@H](NC(=O)COCc2ccccc2)C(=O)O)c1. The van der Waals surface area contributed by atoms with Crippen molar-refractivity contribution in [3.05, 3.63) is 71.3 Å². The fourth-order valence-corrected chi connectivity index (χ4v) is 2.28. The molecule has 0 fully saturated rings. The zero-order valence-corrected chi connectivity index (χ0v) is 13.5. The maximum Gasteiger partial charge on any atom is 0.326 e. The van der Waals surface area contributed by atoms with Gasteiger partial charge in [-0.25, -0.2) is 4.79 Å². The van der Waals surface area contributed by atoms with Crippen LogP contribution in [0.4, 0.5) is 0 Å². The predicted octanol–water partition coefficient (Wildman–Crippen LogP) is 1.89. The lowest BCUT2D eigenvalue weighted by molar-refractivity contribution is -0.142. The summed E-state index contributed by atoms with van der Waals surface area (Å²) in [6, 6.07) is 16.9. The number of nitrogens with one attached hydrogen (secondary N) is 1. The summed E-state index contributed by atoms with van der Waals surface area (Å²) in [6.45, 7) is 0.0487. The summed E-state index contributed by atoms with van der Waals surface area (Å²) in [4.78, 5) is 23.3. The summed E-state index contributed by atoms with van der Waals surface area (Å²) in [6.07, 6.45) is 0.0925. The number of ether oxygens (including phenoxy) is 1. The Kier molecular flexibility index (Phi) is 6.69. The van der Waals surface area contributed by atoms with Crippen molar-refractivity contribution in [2.75, 3.05) is 6.61 Å². The summed E-state index contributed by atoms with van der Waals surface area (Å²) in [5.74, 6) is -1.64. The Morgan fingerprint density at radius 1 is 1.12 bits per heavy atom. The first-order chi connectivity index (χ1) is 12.1. The van der Waals surface area contributed by atoms with Crippen LogP contribution in [0.5, 0.6) is 0 Å². The van der Waals surface area contributed by atoms with Crippen LogP contribution in [-0.4, -0.2) is 29.6 Å². The molecule has 0 aliphatic carbocycles. The van der Waals surface area contributed by atoms with Crippen LogP contribution in [0.3, 0.4) is 0 Å². The first kappa shape index (κ1) is 18.2. The molecule has 1 atom stereocenters. The summed E-state index contributed by atoms with van der Waals surface area (Å²) in [5, 5.41) is 20.6. The van der Waals surface area contributed by atoms with Crippen molar-refractivity contribution >= 4 is 11.9 Å². The molecule has 0 heterocycles. The van der Waals surface area contributed by atoms with Gasteiger partial charge in [0.15, 0.2) is 0 Å². The highest BCUT2D eigenvalue weighted by molar-refractivity contribution is 5.84. The van der Waals surface area contributed by atoms with Crippen LogP contribution >= 0.6 is 0 Å². The van der Waals surface area contributed by atoms with Gasteiger partial charge in [-0.3, -0.25) is 4.79 Å². The van der Waals surface area contributed by atoms with Gasteiger partial charge >= 0.3 is 5.97 Å². The zero-order valence-electron chi connectivity index (χ0n) is 13.5. The van der Waals surface area contributed by atoms with Crippen molar-refractivity contribution in [2.45, 2.75) is 19.1 Å². The first-order valence-electron chi connectivity index (χ1n) is 7.71. The third kappa shape index (κ3) is 6.09. The van der Waals surface area contributed by atoms with E-state index in [1.54, 1.807) is 24.3 Å². The number of benzene rings is 2. The topological polar surface area (TPSA) is 99.4 Å². The van der Waals surface area contributed by atoms with E-state index >= 15 is 0 Å². The molecule has 6 heteroatoms. The Morgan fingerprint density at radius 2 is 1.84 bits per heavy atom. The molecule has 2 aromatic carbocycles. The van der Waals surface area contributed by atoms with Gasteiger partial charge in [0.1, 0.15) is 12.6 Å². The van der Waals surface area contributed by atoms with E-state index in [2.05, 4.69) is 5.32 Å². The number of nitrogens with zero attached hydrogens (tertiary/aromatic N) is 1. The van der Waals surface area contributed by atoms with E-state index in [9.17, 15) is 14.7 Å². The van der Waals surface area contributed by atoms with Crippen molar-refractivity contribution in [3.63, 3.8) is 0 Å². The summed E-state index contributed by atoms with van der Waals surface area (Å²) < 4.78 is 5.30. The lowest BCUT2D eigenvalue weighted by Gasteiger charge is -2.15. The fraction of sp³-hybridized carbons (Fsp3) is 0.211. The van der Waals surface area contributed by atoms with E-state index in [-0.39, 0.29) is 19.6 Å². The van der Waals surface area contributed by atoms with Gasteiger partial charge in [-0.05, 0) is 23.3 Å². The Bertz CT molecular complexity index is 768. The van der Waals surface area contributed by atoms with Gasteiger partial charge in [0.25, 0.3) is 0 Å². The van der Waals surface area contributed by atoms with Crippen molar-refractivity contribution in [1.29, 1.82) is 5.26 Å². The third-order valence-corrected chi connectivity index (χ3v) is 3.47. The normalized spacial score (nSPS) is 11.3. The summed E-state index contributed by atoms with van der Waals surface area (Å²) >= 11 is 0. The minimum absolute atomic E-state index is 0.0925. The number of amides is 1. The van der Waals surface area contributed by atoms with Gasteiger partial charge in [-0.1, -0.05) is 42.5 Å². The molecule has 2 rings (SSSR count). The number of hydrogen-bond acceptors (Lipinski definition) is 4. The molecule has 0 saturated heterocycles. The zero-order chi connectivity index (χ0) is 18.1. The quantitative estimate of drug-likeness (QED) is 0.766. The largest absolute Gasteiger partial charge is 0.480 e. The molecule has 2 aromatic rings. The minimum atomic E-state index is -1.14. The molecule has 0 saturated carbocycles. The molecule has 0 unspecified atom stereocenters. The Morgan fingerprint density at radius 3 is 2.52 bits per heavy atom. The molecule has 6 nitrogen and oxygen atoms in total. The standard InChI is InChI=1S/C19H18N2O4/c20-11-16-8-4-7-15(9-16)10-17(19(23)24)21-18(22)13-25-12-14-5-2-1-3-6-14/h1-9,17H,10,12-13H2,(H,21,22)(H,23,24)/t17-/m1/s1. The highest BCUT2D eigenvalue weighted by Gasteiger charge is 2.20. The number of carbonyl (C=O) groups is 2. The third-order valence-electron chi connectivity index (χ3n) is 3.47. The summed E-state index contributed by atoms with van der Waals surface area (Å²) in [5.41, 5.74) is 2.04. The van der Waals surface area contributed by atoms with Gasteiger partial charge in [-0.15, -0.1) is 0 Å². The molecular weight excluding hydrogens is 320 g/mol. The van der Waals surface area contributed by atoms with Crippen molar-refractivity contribution < 1.29 is 19.4 Å². The lowest BCUT2D eigenvalue weighted by Crippen LogP contribution is -2.43. The fourth-order valence-electron chi connectivity index (χ4n) is 2.28. The number of hydrogen-bond donors (Lipinski definition) is 2. The predicted molar refractivity (Wildman–Crippen MR) is 90.5 cm³/mol. The van der Waals surface area contributed by atoms with Crippen LogP contribution in [0.25, 0.3) is 0 Å². The number of carboxylic acid groups (broad SMARTS) is 1. The van der Waals surface area contributed by atoms with Gasteiger partial charge in [0.2, 0.25) is 5.91 Å². The van der Waals surface area contributed by atoms with Gasteiger partial charge in [0.05, 0.1) is 18.2 Å². The molecule has 0 aromatic heterocycles. The van der Waals surface area contributed by atoms with Gasteiger partial charge < -0.3 is 15.2 Å². The molecule has 0 aliphatic heterocycles. The highest BCUT2D eigenvalue weighted by Crippen LogP contribution is 2.08.